The number of hydrogen-bond acceptors (Lipinski definition) is 5. The van der Waals surface area contributed by atoms with Crippen LogP contribution in [0.5, 0.6) is 0 Å². The number of carbonyl (C=O) groups is 1. The zero-order valence-corrected chi connectivity index (χ0v) is 17.4. The lowest BCUT2D eigenvalue weighted by molar-refractivity contribution is -0.0163. The summed E-state index contributed by atoms with van der Waals surface area (Å²) in [5, 5.41) is 5.78. The lowest BCUT2D eigenvalue weighted by Gasteiger charge is -2.43. The minimum atomic E-state index is -3.19. The molecule has 1 aromatic rings. The molecule has 0 unspecified atom stereocenters. The lowest BCUT2D eigenvalue weighted by Crippen LogP contribution is -2.57. The third-order valence-corrected chi connectivity index (χ3v) is 7.55. The Kier molecular flexibility index (Phi) is 6.47. The molecule has 2 heterocycles. The average Bonchev–Trinajstić information content (AvgIpc) is 3.06. The first-order chi connectivity index (χ1) is 13.3. The number of benzene rings is 1. The normalized spacial score (nSPS) is 21.9. The topological polar surface area (TPSA) is 91.0 Å². The van der Waals surface area contributed by atoms with Crippen molar-refractivity contribution in [3.05, 3.63) is 24.3 Å². The van der Waals surface area contributed by atoms with Crippen molar-refractivity contribution in [2.75, 3.05) is 54.8 Å². The van der Waals surface area contributed by atoms with Crippen molar-refractivity contribution in [1.82, 2.24) is 10.2 Å². The smallest absolute Gasteiger partial charge is 0.319 e. The molecule has 8 nitrogen and oxygen atoms in total. The van der Waals surface area contributed by atoms with Gasteiger partial charge in [0, 0.05) is 37.4 Å². The van der Waals surface area contributed by atoms with Gasteiger partial charge in [-0.3, -0.25) is 9.21 Å². The van der Waals surface area contributed by atoms with Crippen molar-refractivity contribution >= 4 is 27.4 Å². The molecule has 0 aliphatic carbocycles. The number of anilines is 2. The molecule has 0 radical (unpaired) electrons. The molecule has 9 heteroatoms. The second-order valence-corrected chi connectivity index (χ2v) is 9.56. The fourth-order valence-corrected chi connectivity index (χ4v) is 5.21. The van der Waals surface area contributed by atoms with Gasteiger partial charge in [0.2, 0.25) is 10.0 Å². The maximum absolute atomic E-state index is 12.3. The number of urea groups is 1. The summed E-state index contributed by atoms with van der Waals surface area (Å²) in [6, 6.07) is 6.63. The van der Waals surface area contributed by atoms with Gasteiger partial charge in [-0.25, -0.2) is 13.2 Å². The van der Waals surface area contributed by atoms with Gasteiger partial charge in [0.05, 0.1) is 24.7 Å². The first-order valence-electron chi connectivity index (χ1n) is 9.82. The number of nitrogens with one attached hydrogen (secondary N) is 2. The Labute approximate surface area is 167 Å². The highest BCUT2D eigenvalue weighted by Crippen LogP contribution is 2.25. The molecular formula is C19H30N4O4S. The predicted octanol–water partition coefficient (Wildman–Crippen LogP) is 1.85. The van der Waals surface area contributed by atoms with Crippen LogP contribution in [-0.4, -0.2) is 70.0 Å². The highest BCUT2D eigenvalue weighted by Gasteiger charge is 2.32. The van der Waals surface area contributed by atoms with Crippen LogP contribution < -0.4 is 14.9 Å². The second-order valence-electron chi connectivity index (χ2n) is 7.55. The molecule has 28 heavy (non-hydrogen) atoms. The standard InChI is InChI=1S/C19H30N4O4S/c1-3-19(2,22-10-12-27-13-11-22)15-20-18(24)21-16-5-7-17(8-6-16)23-9-4-14-28(23,25)26/h5-8H,3-4,9-15H2,1-2H3,(H2,20,21,24)/t19-/m1/s1. The van der Waals surface area contributed by atoms with Gasteiger partial charge < -0.3 is 15.4 Å². The second kappa shape index (κ2) is 8.67. The number of morpholine rings is 1. The van der Waals surface area contributed by atoms with Crippen LogP contribution in [0.25, 0.3) is 0 Å². The average molecular weight is 411 g/mol. The van der Waals surface area contributed by atoms with Gasteiger partial charge in [-0.15, -0.1) is 0 Å². The number of sulfonamides is 1. The Hall–Kier alpha value is -1.84. The fraction of sp³-hybridized carbons (Fsp3) is 0.632. The molecule has 2 saturated heterocycles. The van der Waals surface area contributed by atoms with E-state index in [-0.39, 0.29) is 17.3 Å². The Morgan fingerprint density at radius 1 is 1.18 bits per heavy atom. The molecule has 0 aromatic heterocycles. The quantitative estimate of drug-likeness (QED) is 0.747. The Morgan fingerprint density at radius 3 is 2.43 bits per heavy atom. The molecule has 2 aliphatic rings. The Morgan fingerprint density at radius 2 is 1.86 bits per heavy atom. The summed E-state index contributed by atoms with van der Waals surface area (Å²) in [5.41, 5.74) is 1.14. The molecule has 1 atom stereocenters. The molecule has 156 valence electrons. The van der Waals surface area contributed by atoms with E-state index >= 15 is 0 Å². The van der Waals surface area contributed by atoms with Gasteiger partial charge in [-0.2, -0.15) is 0 Å². The van der Waals surface area contributed by atoms with E-state index in [9.17, 15) is 13.2 Å². The number of hydrogen-bond donors (Lipinski definition) is 2. The third-order valence-electron chi connectivity index (χ3n) is 5.68. The predicted molar refractivity (Wildman–Crippen MR) is 110 cm³/mol. The van der Waals surface area contributed by atoms with E-state index < -0.39 is 10.0 Å². The summed E-state index contributed by atoms with van der Waals surface area (Å²) >= 11 is 0. The summed E-state index contributed by atoms with van der Waals surface area (Å²) in [7, 11) is -3.19. The maximum Gasteiger partial charge on any atom is 0.319 e. The number of carbonyl (C=O) groups excluding carboxylic acids is 1. The van der Waals surface area contributed by atoms with Crippen LogP contribution in [0.15, 0.2) is 24.3 Å². The van der Waals surface area contributed by atoms with Crippen molar-refractivity contribution < 1.29 is 17.9 Å². The van der Waals surface area contributed by atoms with Crippen molar-refractivity contribution in [3.8, 4) is 0 Å². The van der Waals surface area contributed by atoms with E-state index in [1.807, 2.05) is 0 Å². The van der Waals surface area contributed by atoms with Crippen LogP contribution in [-0.2, 0) is 14.8 Å². The van der Waals surface area contributed by atoms with Gasteiger partial charge in [0.15, 0.2) is 0 Å². The molecule has 0 saturated carbocycles. The van der Waals surface area contributed by atoms with Crippen molar-refractivity contribution in [3.63, 3.8) is 0 Å². The van der Waals surface area contributed by atoms with E-state index in [0.29, 0.717) is 30.9 Å². The fourth-order valence-electron chi connectivity index (χ4n) is 3.65. The molecule has 2 aliphatic heterocycles. The van der Waals surface area contributed by atoms with Gasteiger partial charge in [0.1, 0.15) is 0 Å². The first-order valence-corrected chi connectivity index (χ1v) is 11.4. The summed E-state index contributed by atoms with van der Waals surface area (Å²) in [4.78, 5) is 14.7. The van der Waals surface area contributed by atoms with Crippen LogP contribution in [0.1, 0.15) is 26.7 Å². The van der Waals surface area contributed by atoms with Crippen LogP contribution in [0.2, 0.25) is 0 Å². The summed E-state index contributed by atoms with van der Waals surface area (Å²) in [6.45, 7) is 8.51. The van der Waals surface area contributed by atoms with Crippen LogP contribution in [0.3, 0.4) is 0 Å². The summed E-state index contributed by atoms with van der Waals surface area (Å²) in [5.74, 6) is 0.189. The number of ether oxygens (including phenoxy) is 1. The summed E-state index contributed by atoms with van der Waals surface area (Å²) in [6.07, 6.45) is 1.57. The number of nitrogens with zero attached hydrogens (tertiary/aromatic N) is 2. The monoisotopic (exact) mass is 410 g/mol. The minimum Gasteiger partial charge on any atom is -0.379 e. The molecule has 2 amide bonds. The molecule has 0 spiro atoms. The van der Waals surface area contributed by atoms with Crippen molar-refractivity contribution in [2.45, 2.75) is 32.2 Å². The largest absolute Gasteiger partial charge is 0.379 e. The van der Waals surface area contributed by atoms with Crippen LogP contribution in [0.4, 0.5) is 16.2 Å². The molecular weight excluding hydrogens is 380 g/mol. The highest BCUT2D eigenvalue weighted by atomic mass is 32.2. The van der Waals surface area contributed by atoms with Gasteiger partial charge in [0.25, 0.3) is 0 Å². The van der Waals surface area contributed by atoms with Crippen molar-refractivity contribution in [1.29, 1.82) is 0 Å². The van der Waals surface area contributed by atoms with Crippen LogP contribution in [0, 0.1) is 0 Å². The van der Waals surface area contributed by atoms with E-state index in [4.69, 9.17) is 4.74 Å². The summed E-state index contributed by atoms with van der Waals surface area (Å²) < 4.78 is 30.8. The lowest BCUT2D eigenvalue weighted by atomic mass is 9.95. The van der Waals surface area contributed by atoms with Crippen molar-refractivity contribution in [2.24, 2.45) is 0 Å². The van der Waals surface area contributed by atoms with Gasteiger partial charge in [-0.1, -0.05) is 6.92 Å². The van der Waals surface area contributed by atoms with E-state index in [2.05, 4.69) is 29.4 Å². The zero-order valence-electron chi connectivity index (χ0n) is 16.6. The number of amides is 2. The van der Waals surface area contributed by atoms with Gasteiger partial charge >= 0.3 is 6.03 Å². The molecule has 3 rings (SSSR count). The molecule has 1 aromatic carbocycles. The maximum atomic E-state index is 12.3. The molecule has 2 N–H and O–H groups in total. The van der Waals surface area contributed by atoms with E-state index in [0.717, 1.165) is 32.7 Å². The zero-order chi connectivity index (χ0) is 20.2. The Bertz CT molecular complexity index is 778. The minimum absolute atomic E-state index is 0.116. The molecule has 0 bridgehead atoms. The molecule has 2 fully saturated rings. The number of rotatable bonds is 6. The SMILES string of the molecule is CC[C@](C)(CNC(=O)Nc1ccc(N2CCCS2(=O)=O)cc1)N1CCOCC1. The van der Waals surface area contributed by atoms with Crippen LogP contribution >= 0.6 is 0 Å². The first kappa shape index (κ1) is 20.9. The van der Waals surface area contributed by atoms with E-state index in [1.54, 1.807) is 24.3 Å². The Balaban J connectivity index is 1.54. The van der Waals surface area contributed by atoms with E-state index in [1.165, 1.54) is 4.31 Å². The van der Waals surface area contributed by atoms with Gasteiger partial charge in [-0.05, 0) is 44.0 Å². The third kappa shape index (κ3) is 4.76. The highest BCUT2D eigenvalue weighted by molar-refractivity contribution is 7.93.